The second-order valence-corrected chi connectivity index (χ2v) is 8.50. The number of hydrogen-bond donors (Lipinski definition) is 0. The summed E-state index contributed by atoms with van der Waals surface area (Å²) in [4.78, 5) is 0. The Morgan fingerprint density at radius 3 is 2.00 bits per heavy atom. The molecule has 0 N–H and O–H groups in total. The second-order valence-electron chi connectivity index (χ2n) is 4.52. The van der Waals surface area contributed by atoms with Crippen molar-refractivity contribution in [2.45, 2.75) is 38.8 Å². The van der Waals surface area contributed by atoms with Crippen LogP contribution in [0.5, 0.6) is 0 Å². The quantitative estimate of drug-likeness (QED) is 0.664. The molecule has 0 bridgehead atoms. The molecule has 0 aliphatic rings. The molecule has 0 heterocycles. The van der Waals surface area contributed by atoms with Crippen molar-refractivity contribution in [2.24, 2.45) is 0 Å². The largest absolute Gasteiger partial charge is 0.415 e. The first kappa shape index (κ1) is 14.2. The lowest BCUT2D eigenvalue weighted by atomic mass is 10.2. The van der Waals surface area contributed by atoms with Gasteiger partial charge in [-0.25, -0.2) is 0 Å². The summed E-state index contributed by atoms with van der Waals surface area (Å²) >= 11 is 0. The highest BCUT2D eigenvalue weighted by Crippen LogP contribution is 2.21. The van der Waals surface area contributed by atoms with Crippen LogP contribution >= 0.6 is 0 Å². The smallest absolute Gasteiger partial charge is 0.223 e. The molecule has 1 aromatic rings. The van der Waals surface area contributed by atoms with E-state index in [0.29, 0.717) is 0 Å². The minimum Gasteiger partial charge on any atom is -0.415 e. The molecule has 0 aliphatic carbocycles. The highest BCUT2D eigenvalue weighted by Gasteiger charge is 2.33. The fourth-order valence-corrected chi connectivity index (χ4v) is 6.33. The van der Waals surface area contributed by atoms with Gasteiger partial charge in [-0.15, -0.1) is 0 Å². The molecule has 0 amide bonds. The third-order valence-electron chi connectivity index (χ3n) is 3.37. The molecule has 0 aliphatic heterocycles. The van der Waals surface area contributed by atoms with Gasteiger partial charge in [-0.05, 0) is 22.8 Å². The maximum Gasteiger partial charge on any atom is 0.223 e. The molecule has 17 heavy (non-hydrogen) atoms. The summed E-state index contributed by atoms with van der Waals surface area (Å²) in [6.45, 7) is 8.28. The van der Waals surface area contributed by atoms with Crippen LogP contribution in [0.4, 0.5) is 0 Å². The summed E-state index contributed by atoms with van der Waals surface area (Å²) in [5, 5.41) is 1.43. The van der Waals surface area contributed by atoms with Crippen molar-refractivity contribution in [3.8, 4) is 0 Å². The van der Waals surface area contributed by atoms with Crippen molar-refractivity contribution in [3.63, 3.8) is 0 Å². The minimum atomic E-state index is -1.72. The SMILES string of the molecule is C=Cc1ccc([Si](CCC)(CCC)OC)cc1. The maximum atomic E-state index is 5.99. The van der Waals surface area contributed by atoms with Gasteiger partial charge >= 0.3 is 0 Å². The molecule has 0 fully saturated rings. The van der Waals surface area contributed by atoms with Crippen molar-refractivity contribution in [1.82, 2.24) is 0 Å². The fraction of sp³-hybridized carbons (Fsp3) is 0.467. The highest BCUT2D eigenvalue weighted by atomic mass is 28.4. The van der Waals surface area contributed by atoms with E-state index in [1.165, 1.54) is 35.7 Å². The van der Waals surface area contributed by atoms with Gasteiger partial charge in [-0.3, -0.25) is 0 Å². The molecule has 0 atom stereocenters. The van der Waals surface area contributed by atoms with Crippen molar-refractivity contribution in [1.29, 1.82) is 0 Å². The van der Waals surface area contributed by atoms with E-state index in [2.05, 4.69) is 44.7 Å². The zero-order chi connectivity index (χ0) is 12.7. The summed E-state index contributed by atoms with van der Waals surface area (Å²) in [6, 6.07) is 11.2. The molecule has 0 radical (unpaired) electrons. The van der Waals surface area contributed by atoms with E-state index in [4.69, 9.17) is 4.43 Å². The molecule has 0 aromatic heterocycles. The molecule has 0 saturated heterocycles. The Kier molecular flexibility index (Phi) is 5.66. The average Bonchev–Trinajstić information content (AvgIpc) is 2.38. The van der Waals surface area contributed by atoms with E-state index in [1.807, 2.05) is 13.2 Å². The van der Waals surface area contributed by atoms with E-state index < -0.39 is 8.32 Å². The summed E-state index contributed by atoms with van der Waals surface area (Å²) in [5.74, 6) is 0. The summed E-state index contributed by atoms with van der Waals surface area (Å²) in [7, 11) is 0.172. The van der Waals surface area contributed by atoms with Crippen LogP contribution in [0.25, 0.3) is 6.08 Å². The average molecular weight is 248 g/mol. The molecule has 0 spiro atoms. The van der Waals surface area contributed by atoms with E-state index in [0.717, 1.165) is 0 Å². The molecule has 0 saturated carbocycles. The van der Waals surface area contributed by atoms with Crippen LogP contribution in [0.3, 0.4) is 0 Å². The molecule has 0 unspecified atom stereocenters. The highest BCUT2D eigenvalue weighted by molar-refractivity contribution is 6.86. The Morgan fingerprint density at radius 2 is 1.65 bits per heavy atom. The number of benzene rings is 1. The van der Waals surface area contributed by atoms with Crippen LogP contribution in [-0.4, -0.2) is 15.4 Å². The van der Waals surface area contributed by atoms with Crippen LogP contribution in [0.15, 0.2) is 30.8 Å². The predicted molar refractivity (Wildman–Crippen MR) is 79.1 cm³/mol. The minimum absolute atomic E-state index is 1.18. The van der Waals surface area contributed by atoms with Gasteiger partial charge in [0.05, 0.1) is 0 Å². The van der Waals surface area contributed by atoms with Gasteiger partial charge in [-0.1, -0.05) is 63.6 Å². The first-order valence-corrected chi connectivity index (χ1v) is 8.82. The monoisotopic (exact) mass is 248 g/mol. The number of hydrogen-bond acceptors (Lipinski definition) is 1. The molecular weight excluding hydrogens is 224 g/mol. The fourth-order valence-electron chi connectivity index (χ4n) is 2.47. The van der Waals surface area contributed by atoms with Gasteiger partial charge in [0.15, 0.2) is 0 Å². The number of rotatable bonds is 7. The van der Waals surface area contributed by atoms with Gasteiger partial charge in [-0.2, -0.15) is 0 Å². The molecule has 1 rings (SSSR count). The van der Waals surface area contributed by atoms with E-state index in [9.17, 15) is 0 Å². The van der Waals surface area contributed by atoms with E-state index >= 15 is 0 Å². The summed E-state index contributed by atoms with van der Waals surface area (Å²) < 4.78 is 5.99. The van der Waals surface area contributed by atoms with E-state index in [-0.39, 0.29) is 0 Å². The van der Waals surface area contributed by atoms with Crippen molar-refractivity contribution >= 4 is 19.6 Å². The van der Waals surface area contributed by atoms with Crippen molar-refractivity contribution < 1.29 is 4.43 Å². The van der Waals surface area contributed by atoms with Crippen LogP contribution in [0.2, 0.25) is 12.1 Å². The lowest BCUT2D eigenvalue weighted by Gasteiger charge is -2.29. The van der Waals surface area contributed by atoms with Crippen molar-refractivity contribution in [3.05, 3.63) is 36.4 Å². The Balaban J connectivity index is 3.05. The zero-order valence-electron chi connectivity index (χ0n) is 11.3. The standard InChI is InChI=1S/C15H24OSi/c1-5-12-17(16-4,13-6-2)15-10-8-14(7-3)9-11-15/h7-11H,3,5-6,12-13H2,1-2,4H3. The first-order valence-electron chi connectivity index (χ1n) is 6.50. The van der Waals surface area contributed by atoms with Crippen LogP contribution in [0.1, 0.15) is 32.3 Å². The Hall–Kier alpha value is -0.863. The van der Waals surface area contributed by atoms with Gasteiger partial charge in [0.25, 0.3) is 0 Å². The van der Waals surface area contributed by atoms with Crippen molar-refractivity contribution in [2.75, 3.05) is 7.11 Å². The van der Waals surface area contributed by atoms with Crippen LogP contribution < -0.4 is 5.19 Å². The third kappa shape index (κ3) is 3.30. The Morgan fingerprint density at radius 1 is 1.12 bits per heavy atom. The Bertz CT molecular complexity index is 336. The molecule has 1 nitrogen and oxygen atoms in total. The molecule has 2 heteroatoms. The topological polar surface area (TPSA) is 9.23 Å². The van der Waals surface area contributed by atoms with Gasteiger partial charge in [0, 0.05) is 7.11 Å². The van der Waals surface area contributed by atoms with Gasteiger partial charge in [0.1, 0.15) is 0 Å². The van der Waals surface area contributed by atoms with Crippen LogP contribution in [0, 0.1) is 0 Å². The summed E-state index contributed by atoms with van der Waals surface area (Å²) in [5.41, 5.74) is 1.18. The second kappa shape index (κ2) is 6.77. The molecule has 1 aromatic carbocycles. The van der Waals surface area contributed by atoms with Gasteiger partial charge < -0.3 is 4.43 Å². The summed E-state index contributed by atoms with van der Waals surface area (Å²) in [6.07, 6.45) is 4.28. The molecule has 94 valence electrons. The predicted octanol–water partition coefficient (Wildman–Crippen LogP) is 3.95. The zero-order valence-corrected chi connectivity index (χ0v) is 12.3. The normalized spacial score (nSPS) is 11.5. The van der Waals surface area contributed by atoms with Crippen LogP contribution in [-0.2, 0) is 4.43 Å². The van der Waals surface area contributed by atoms with E-state index in [1.54, 1.807) is 0 Å². The first-order chi connectivity index (χ1) is 8.22. The lowest BCUT2D eigenvalue weighted by molar-refractivity contribution is 0.400. The Labute approximate surface area is 107 Å². The van der Waals surface area contributed by atoms with Gasteiger partial charge in [0.2, 0.25) is 8.32 Å². The molecular formula is C15H24OSi. The third-order valence-corrected chi connectivity index (χ3v) is 8.15. The maximum absolute atomic E-state index is 5.99. The lowest BCUT2D eigenvalue weighted by Crippen LogP contribution is -2.49.